The Hall–Kier alpha value is -3.28. The number of benzene rings is 2. The molecular weight excluding hydrogens is 463 g/mol. The van der Waals surface area contributed by atoms with Crippen LogP contribution in [0.15, 0.2) is 41.6 Å². The molecule has 0 atom stereocenters. The van der Waals surface area contributed by atoms with Crippen molar-refractivity contribution in [1.29, 1.82) is 0 Å². The molecule has 0 radical (unpaired) electrons. The first-order chi connectivity index (χ1) is 15.6. The Kier molecular flexibility index (Phi) is 7.15. The monoisotopic (exact) mass is 485 g/mol. The van der Waals surface area contributed by atoms with Gasteiger partial charge >= 0.3 is 6.18 Å². The van der Waals surface area contributed by atoms with Crippen molar-refractivity contribution >= 4 is 32.2 Å². The number of nitrogens with one attached hydrogen (secondary N) is 1. The zero-order valence-corrected chi connectivity index (χ0v) is 18.9. The number of nitrogens with zero attached hydrogens (tertiary/aromatic N) is 2. The maximum atomic E-state index is 12.7. The van der Waals surface area contributed by atoms with Crippen LogP contribution in [0, 0.1) is 0 Å². The molecule has 3 rings (SSSR count). The van der Waals surface area contributed by atoms with Crippen LogP contribution in [0.2, 0.25) is 0 Å². The molecule has 2 aromatic carbocycles. The predicted molar refractivity (Wildman–Crippen MR) is 116 cm³/mol. The van der Waals surface area contributed by atoms with Gasteiger partial charge in [0.2, 0.25) is 0 Å². The Morgan fingerprint density at radius 1 is 1.00 bits per heavy atom. The van der Waals surface area contributed by atoms with E-state index in [4.69, 9.17) is 14.2 Å². The highest BCUT2D eigenvalue weighted by Gasteiger charge is 2.29. The van der Waals surface area contributed by atoms with Crippen LogP contribution in [0.4, 0.5) is 24.7 Å². The van der Waals surface area contributed by atoms with E-state index in [1.807, 2.05) is 0 Å². The Morgan fingerprint density at radius 3 is 2.39 bits per heavy atom. The van der Waals surface area contributed by atoms with Crippen LogP contribution in [-0.4, -0.2) is 50.6 Å². The second kappa shape index (κ2) is 9.69. The van der Waals surface area contributed by atoms with Crippen molar-refractivity contribution in [3.05, 3.63) is 36.7 Å². The average molecular weight is 485 g/mol. The van der Waals surface area contributed by atoms with Crippen LogP contribution in [0.25, 0.3) is 10.9 Å². The fraction of sp³-hybridized carbons (Fsp3) is 0.333. The van der Waals surface area contributed by atoms with Crippen molar-refractivity contribution in [2.75, 3.05) is 31.4 Å². The summed E-state index contributed by atoms with van der Waals surface area (Å²) in [4.78, 5) is 8.30. The number of methoxy groups -OCH3 is 1. The zero-order chi connectivity index (χ0) is 24.2. The van der Waals surface area contributed by atoms with E-state index in [2.05, 4.69) is 15.3 Å². The molecule has 33 heavy (non-hydrogen) atoms. The molecule has 0 amide bonds. The molecular formula is C21H22F3N3O5S. The highest BCUT2D eigenvalue weighted by Crippen LogP contribution is 2.37. The van der Waals surface area contributed by atoms with Crippen molar-refractivity contribution in [2.45, 2.75) is 24.9 Å². The van der Waals surface area contributed by atoms with Crippen LogP contribution < -0.4 is 19.5 Å². The van der Waals surface area contributed by atoms with Gasteiger partial charge in [-0.2, -0.15) is 13.2 Å². The first-order valence-corrected chi connectivity index (χ1v) is 11.5. The molecule has 0 spiro atoms. The summed E-state index contributed by atoms with van der Waals surface area (Å²) in [5.41, 5.74) is 0.477. The van der Waals surface area contributed by atoms with Crippen molar-refractivity contribution < 1.29 is 35.8 Å². The normalized spacial score (nSPS) is 11.9. The smallest absolute Gasteiger partial charge is 0.422 e. The summed E-state index contributed by atoms with van der Waals surface area (Å²) in [6.07, 6.45) is -3.32. The largest absolute Gasteiger partial charge is 0.493 e. The molecule has 0 aliphatic rings. The Labute approximate surface area is 188 Å². The molecule has 1 aromatic heterocycles. The highest BCUT2D eigenvalue weighted by molar-refractivity contribution is 7.91. The number of alkyl halides is 3. The maximum absolute atomic E-state index is 12.7. The first kappa shape index (κ1) is 24.4. The fourth-order valence-corrected chi connectivity index (χ4v) is 3.88. The maximum Gasteiger partial charge on any atom is 0.422 e. The second-order valence-corrected chi connectivity index (χ2v) is 9.04. The standard InChI is InChI=1S/C21H22F3N3O5S/c1-4-31-19-9-14-15(10-18(19)30-3)25-12-26-20(14)27-16-8-13(33(28,29)5-2)6-7-17(16)32-11-21(22,23)24/h6-10,12H,4-5,11H2,1-3H3,(H,25,26,27). The molecule has 1 heterocycles. The van der Waals surface area contributed by atoms with E-state index >= 15 is 0 Å². The number of hydrogen-bond donors (Lipinski definition) is 1. The third kappa shape index (κ3) is 5.75. The van der Waals surface area contributed by atoms with E-state index in [0.29, 0.717) is 29.0 Å². The number of halogens is 3. The van der Waals surface area contributed by atoms with Gasteiger partial charge in [-0.05, 0) is 31.2 Å². The number of aromatic nitrogens is 2. The molecule has 0 aliphatic carbocycles. The molecule has 0 aliphatic heterocycles. The molecule has 12 heteroatoms. The number of rotatable bonds is 9. The van der Waals surface area contributed by atoms with Crippen molar-refractivity contribution in [3.8, 4) is 17.2 Å². The summed E-state index contributed by atoms with van der Waals surface area (Å²) in [6.45, 7) is 2.09. The van der Waals surface area contributed by atoms with Gasteiger partial charge in [-0.25, -0.2) is 18.4 Å². The minimum atomic E-state index is -4.57. The number of anilines is 2. The lowest BCUT2D eigenvalue weighted by molar-refractivity contribution is -0.153. The predicted octanol–water partition coefficient (Wildman–Crippen LogP) is 4.52. The molecule has 0 saturated heterocycles. The topological polar surface area (TPSA) is 99.6 Å². The Balaban J connectivity index is 2.11. The van der Waals surface area contributed by atoms with Gasteiger partial charge < -0.3 is 19.5 Å². The van der Waals surface area contributed by atoms with Crippen molar-refractivity contribution in [3.63, 3.8) is 0 Å². The van der Waals surface area contributed by atoms with Crippen molar-refractivity contribution in [1.82, 2.24) is 9.97 Å². The highest BCUT2D eigenvalue weighted by atomic mass is 32.2. The SMILES string of the molecule is CCOc1cc2c(Nc3cc(S(=O)(=O)CC)ccc3OCC(F)(F)F)ncnc2cc1OC. The quantitative estimate of drug-likeness (QED) is 0.473. The van der Waals surface area contributed by atoms with E-state index in [0.717, 1.165) is 0 Å². The van der Waals surface area contributed by atoms with E-state index < -0.39 is 22.6 Å². The fourth-order valence-electron chi connectivity index (χ4n) is 2.97. The number of ether oxygens (including phenoxy) is 3. The van der Waals surface area contributed by atoms with Crippen LogP contribution >= 0.6 is 0 Å². The number of hydrogen-bond acceptors (Lipinski definition) is 8. The lowest BCUT2D eigenvalue weighted by Gasteiger charge is -2.17. The lowest BCUT2D eigenvalue weighted by Crippen LogP contribution is -2.19. The molecule has 3 aromatic rings. The van der Waals surface area contributed by atoms with Gasteiger partial charge in [0.1, 0.15) is 17.9 Å². The van der Waals surface area contributed by atoms with Gasteiger partial charge in [-0.1, -0.05) is 6.92 Å². The molecule has 178 valence electrons. The summed E-state index contributed by atoms with van der Waals surface area (Å²) in [5.74, 6) is 0.711. The second-order valence-electron chi connectivity index (χ2n) is 6.77. The average Bonchev–Trinajstić information content (AvgIpc) is 2.77. The van der Waals surface area contributed by atoms with Gasteiger partial charge in [0.05, 0.1) is 35.6 Å². The van der Waals surface area contributed by atoms with Gasteiger partial charge in [0.15, 0.2) is 27.9 Å². The van der Waals surface area contributed by atoms with E-state index in [1.165, 1.54) is 38.6 Å². The summed E-state index contributed by atoms with van der Waals surface area (Å²) >= 11 is 0. The van der Waals surface area contributed by atoms with Gasteiger partial charge in [-0.3, -0.25) is 0 Å². The molecule has 0 unspecified atom stereocenters. The summed E-state index contributed by atoms with van der Waals surface area (Å²) in [7, 11) is -2.15. The third-order valence-electron chi connectivity index (χ3n) is 4.56. The third-order valence-corrected chi connectivity index (χ3v) is 6.29. The Morgan fingerprint density at radius 2 is 1.76 bits per heavy atom. The zero-order valence-electron chi connectivity index (χ0n) is 18.1. The summed E-state index contributed by atoms with van der Waals surface area (Å²) in [5, 5.41) is 3.37. The summed E-state index contributed by atoms with van der Waals surface area (Å²) < 4.78 is 78.7. The minimum Gasteiger partial charge on any atom is -0.493 e. The van der Waals surface area contributed by atoms with Crippen LogP contribution in [-0.2, 0) is 9.84 Å². The van der Waals surface area contributed by atoms with Gasteiger partial charge in [0, 0.05) is 11.5 Å². The van der Waals surface area contributed by atoms with Gasteiger partial charge in [-0.15, -0.1) is 0 Å². The molecule has 8 nitrogen and oxygen atoms in total. The van der Waals surface area contributed by atoms with Gasteiger partial charge in [0.25, 0.3) is 0 Å². The van der Waals surface area contributed by atoms with E-state index in [-0.39, 0.29) is 27.9 Å². The van der Waals surface area contributed by atoms with Crippen LogP contribution in [0.3, 0.4) is 0 Å². The van der Waals surface area contributed by atoms with Crippen LogP contribution in [0.5, 0.6) is 17.2 Å². The molecule has 1 N–H and O–H groups in total. The van der Waals surface area contributed by atoms with Crippen LogP contribution in [0.1, 0.15) is 13.8 Å². The molecule has 0 bridgehead atoms. The van der Waals surface area contributed by atoms with Crippen molar-refractivity contribution in [2.24, 2.45) is 0 Å². The molecule has 0 fully saturated rings. The molecule has 0 saturated carbocycles. The van der Waals surface area contributed by atoms with E-state index in [9.17, 15) is 21.6 Å². The first-order valence-electron chi connectivity index (χ1n) is 9.87. The minimum absolute atomic E-state index is 0.00236. The Bertz CT molecular complexity index is 1250. The number of sulfone groups is 1. The number of fused-ring (bicyclic) bond motifs is 1. The van der Waals surface area contributed by atoms with E-state index in [1.54, 1.807) is 19.1 Å². The lowest BCUT2D eigenvalue weighted by atomic mass is 10.2. The summed E-state index contributed by atoms with van der Waals surface area (Å²) in [6, 6.07) is 6.85.